The molecule has 0 radical (unpaired) electrons. The van der Waals surface area contributed by atoms with Crippen LogP contribution < -0.4 is 4.90 Å². The van der Waals surface area contributed by atoms with Crippen LogP contribution in [0.25, 0.3) is 0 Å². The van der Waals surface area contributed by atoms with Crippen LogP contribution in [0, 0.1) is 5.92 Å². The van der Waals surface area contributed by atoms with E-state index in [2.05, 4.69) is 24.8 Å². The molecular weight excluding hydrogens is 206 g/mol. The normalized spacial score (nSPS) is 26.7. The fraction of sp³-hybridized carbons (Fsp3) is 0.583. The van der Waals surface area contributed by atoms with E-state index in [0.29, 0.717) is 6.04 Å². The van der Waals surface area contributed by atoms with Crippen LogP contribution in [0.2, 0.25) is 0 Å². The summed E-state index contributed by atoms with van der Waals surface area (Å²) in [5, 5.41) is 1.25. The Hall–Kier alpha value is -0.830. The molecule has 0 bridgehead atoms. The van der Waals surface area contributed by atoms with Crippen LogP contribution in [0.3, 0.4) is 0 Å². The second-order valence-corrected chi connectivity index (χ2v) is 5.56. The van der Waals surface area contributed by atoms with Gasteiger partial charge in [-0.25, -0.2) is 0 Å². The molecule has 0 N–H and O–H groups in total. The van der Waals surface area contributed by atoms with E-state index in [1.165, 1.54) is 17.8 Å². The monoisotopic (exact) mass is 223 g/mol. The molecule has 15 heavy (non-hydrogen) atoms. The van der Waals surface area contributed by atoms with E-state index in [1.54, 1.807) is 11.3 Å². The lowest BCUT2D eigenvalue weighted by Gasteiger charge is -2.37. The van der Waals surface area contributed by atoms with Gasteiger partial charge < -0.3 is 4.90 Å². The number of piperidine rings is 1. The van der Waals surface area contributed by atoms with Gasteiger partial charge in [-0.05, 0) is 37.8 Å². The molecule has 0 spiro atoms. The van der Waals surface area contributed by atoms with E-state index in [-0.39, 0.29) is 0 Å². The first-order valence-electron chi connectivity index (χ1n) is 5.52. The summed E-state index contributed by atoms with van der Waals surface area (Å²) in [5.74, 6) is 0.835. The molecule has 0 saturated carbocycles. The van der Waals surface area contributed by atoms with Crippen LogP contribution >= 0.6 is 11.3 Å². The van der Waals surface area contributed by atoms with Crippen molar-refractivity contribution in [2.24, 2.45) is 5.92 Å². The molecule has 3 heteroatoms. The van der Waals surface area contributed by atoms with E-state index in [1.807, 2.05) is 6.07 Å². The van der Waals surface area contributed by atoms with Crippen molar-refractivity contribution in [3.05, 3.63) is 17.0 Å². The van der Waals surface area contributed by atoms with Gasteiger partial charge in [-0.2, -0.15) is 0 Å². The minimum Gasteiger partial charge on any atom is -0.361 e. The quantitative estimate of drug-likeness (QED) is 0.718. The molecule has 1 aliphatic heterocycles. The largest absolute Gasteiger partial charge is 0.361 e. The zero-order valence-corrected chi connectivity index (χ0v) is 10.1. The first-order valence-corrected chi connectivity index (χ1v) is 6.34. The van der Waals surface area contributed by atoms with E-state index >= 15 is 0 Å². The van der Waals surface area contributed by atoms with Crippen molar-refractivity contribution in [2.45, 2.75) is 32.7 Å². The topological polar surface area (TPSA) is 20.3 Å². The van der Waals surface area contributed by atoms with Crippen LogP contribution in [-0.4, -0.2) is 18.9 Å². The lowest BCUT2D eigenvalue weighted by atomic mass is 9.94. The molecule has 1 fully saturated rings. The Balaban J connectivity index is 2.12. The highest BCUT2D eigenvalue weighted by molar-refractivity contribution is 7.17. The second kappa shape index (κ2) is 4.35. The Kier molecular flexibility index (Phi) is 3.10. The smallest absolute Gasteiger partial charge is 0.160 e. The molecular formula is C12H17NOS. The summed E-state index contributed by atoms with van der Waals surface area (Å²) in [4.78, 5) is 13.9. The molecule has 0 aliphatic carbocycles. The Bertz CT molecular complexity index is 347. The Morgan fingerprint density at radius 1 is 1.47 bits per heavy atom. The van der Waals surface area contributed by atoms with Crippen molar-refractivity contribution in [1.29, 1.82) is 0 Å². The number of carbonyl (C=O) groups is 1. The minimum atomic E-state index is 0.604. The lowest BCUT2D eigenvalue weighted by molar-refractivity contribution is 0.112. The van der Waals surface area contributed by atoms with E-state index < -0.39 is 0 Å². The third kappa shape index (κ3) is 2.23. The standard InChI is InChI=1S/C12H17NOS/c1-9-5-6-13(10(2)7-9)12-4-3-11(8-14)15-12/h3-4,8-10H,5-7H2,1-2H3. The van der Waals surface area contributed by atoms with Gasteiger partial charge in [0, 0.05) is 12.6 Å². The van der Waals surface area contributed by atoms with Crippen LogP contribution in [0.5, 0.6) is 0 Å². The van der Waals surface area contributed by atoms with E-state index in [0.717, 1.165) is 23.6 Å². The lowest BCUT2D eigenvalue weighted by Crippen LogP contribution is -2.39. The fourth-order valence-electron chi connectivity index (χ4n) is 2.29. The number of hydrogen-bond donors (Lipinski definition) is 0. The molecule has 2 unspecified atom stereocenters. The molecule has 82 valence electrons. The Morgan fingerprint density at radius 3 is 2.87 bits per heavy atom. The van der Waals surface area contributed by atoms with Gasteiger partial charge in [-0.15, -0.1) is 11.3 Å². The number of carbonyl (C=O) groups excluding carboxylic acids is 1. The number of thiophene rings is 1. The zero-order chi connectivity index (χ0) is 10.8. The van der Waals surface area contributed by atoms with E-state index in [4.69, 9.17) is 0 Å². The van der Waals surface area contributed by atoms with Gasteiger partial charge in [0.1, 0.15) is 0 Å². The maximum absolute atomic E-state index is 10.6. The summed E-state index contributed by atoms with van der Waals surface area (Å²) in [5.41, 5.74) is 0. The van der Waals surface area contributed by atoms with Crippen LogP contribution in [0.15, 0.2) is 12.1 Å². The first kappa shape index (κ1) is 10.7. The highest BCUT2D eigenvalue weighted by Crippen LogP contribution is 2.32. The van der Waals surface area contributed by atoms with Crippen molar-refractivity contribution < 1.29 is 4.79 Å². The SMILES string of the molecule is CC1CCN(c2ccc(C=O)s2)C(C)C1. The Morgan fingerprint density at radius 2 is 2.27 bits per heavy atom. The summed E-state index contributed by atoms with van der Waals surface area (Å²) in [6, 6.07) is 4.59. The fourth-order valence-corrected chi connectivity index (χ4v) is 3.24. The van der Waals surface area contributed by atoms with Gasteiger partial charge in [-0.3, -0.25) is 4.79 Å². The molecule has 2 rings (SSSR count). The molecule has 1 aromatic heterocycles. The molecule has 1 saturated heterocycles. The van der Waals surface area contributed by atoms with Gasteiger partial charge >= 0.3 is 0 Å². The van der Waals surface area contributed by atoms with Crippen molar-refractivity contribution >= 4 is 22.6 Å². The molecule has 2 atom stereocenters. The minimum absolute atomic E-state index is 0.604. The van der Waals surface area contributed by atoms with Gasteiger partial charge in [0.25, 0.3) is 0 Å². The van der Waals surface area contributed by atoms with Crippen LogP contribution in [0.1, 0.15) is 36.4 Å². The summed E-state index contributed by atoms with van der Waals surface area (Å²) in [6.07, 6.45) is 3.46. The maximum Gasteiger partial charge on any atom is 0.160 e. The molecule has 0 aromatic carbocycles. The predicted molar refractivity (Wildman–Crippen MR) is 64.9 cm³/mol. The van der Waals surface area contributed by atoms with Crippen LogP contribution in [-0.2, 0) is 0 Å². The highest BCUT2D eigenvalue weighted by atomic mass is 32.1. The summed E-state index contributed by atoms with van der Waals surface area (Å²) >= 11 is 1.60. The molecule has 2 heterocycles. The molecule has 2 nitrogen and oxygen atoms in total. The summed E-state index contributed by atoms with van der Waals surface area (Å²) < 4.78 is 0. The summed E-state index contributed by atoms with van der Waals surface area (Å²) in [7, 11) is 0. The van der Waals surface area contributed by atoms with Crippen LogP contribution in [0.4, 0.5) is 5.00 Å². The average molecular weight is 223 g/mol. The highest BCUT2D eigenvalue weighted by Gasteiger charge is 2.23. The number of hydrogen-bond acceptors (Lipinski definition) is 3. The van der Waals surface area contributed by atoms with Gasteiger partial charge in [0.05, 0.1) is 9.88 Å². The molecule has 1 aliphatic rings. The Labute approximate surface area is 94.9 Å². The number of rotatable bonds is 2. The third-order valence-electron chi connectivity index (χ3n) is 3.15. The van der Waals surface area contributed by atoms with Crippen molar-refractivity contribution in [1.82, 2.24) is 0 Å². The van der Waals surface area contributed by atoms with Crippen molar-refractivity contribution in [2.75, 3.05) is 11.4 Å². The third-order valence-corrected chi connectivity index (χ3v) is 4.20. The second-order valence-electron chi connectivity index (χ2n) is 4.47. The number of anilines is 1. The van der Waals surface area contributed by atoms with E-state index in [9.17, 15) is 4.79 Å². The average Bonchev–Trinajstić information content (AvgIpc) is 2.66. The van der Waals surface area contributed by atoms with Gasteiger partial charge in [0.15, 0.2) is 6.29 Å². The summed E-state index contributed by atoms with van der Waals surface area (Å²) in [6.45, 7) is 5.72. The molecule has 1 aromatic rings. The van der Waals surface area contributed by atoms with Crippen molar-refractivity contribution in [3.63, 3.8) is 0 Å². The molecule has 0 amide bonds. The predicted octanol–water partition coefficient (Wildman–Crippen LogP) is 3.19. The number of aldehydes is 1. The van der Waals surface area contributed by atoms with Gasteiger partial charge in [-0.1, -0.05) is 6.92 Å². The maximum atomic E-state index is 10.6. The zero-order valence-electron chi connectivity index (χ0n) is 9.27. The van der Waals surface area contributed by atoms with Crippen molar-refractivity contribution in [3.8, 4) is 0 Å². The number of nitrogens with zero attached hydrogens (tertiary/aromatic N) is 1. The van der Waals surface area contributed by atoms with Gasteiger partial charge in [0.2, 0.25) is 0 Å². The first-order chi connectivity index (χ1) is 7.20.